The standard InChI is InChI=1S/C9H12F3NO/c1-13-7(6-9(10,11)12)5-8-3-2-4-14-8/h2-4,7,13H,5-6H2,1H3. The summed E-state index contributed by atoms with van der Waals surface area (Å²) in [6.45, 7) is 0. The van der Waals surface area contributed by atoms with Crippen LogP contribution in [-0.4, -0.2) is 19.3 Å². The number of alkyl halides is 3. The van der Waals surface area contributed by atoms with Crippen molar-refractivity contribution >= 4 is 0 Å². The van der Waals surface area contributed by atoms with Gasteiger partial charge in [0, 0.05) is 12.5 Å². The molecule has 0 aliphatic carbocycles. The Kier molecular flexibility index (Phi) is 3.57. The third kappa shape index (κ3) is 3.83. The number of halogens is 3. The van der Waals surface area contributed by atoms with E-state index >= 15 is 0 Å². The maximum atomic E-state index is 12.1. The minimum absolute atomic E-state index is 0.253. The molecule has 80 valence electrons. The lowest BCUT2D eigenvalue weighted by molar-refractivity contribution is -0.139. The van der Waals surface area contributed by atoms with Crippen molar-refractivity contribution in [3.05, 3.63) is 24.2 Å². The first-order valence-electron chi connectivity index (χ1n) is 4.27. The Morgan fingerprint density at radius 1 is 1.50 bits per heavy atom. The number of hydrogen-bond donors (Lipinski definition) is 1. The van der Waals surface area contributed by atoms with Crippen LogP contribution in [0.2, 0.25) is 0 Å². The number of likely N-dealkylation sites (N-methyl/N-ethyl adjacent to an activating group) is 1. The molecule has 0 saturated heterocycles. The second-order valence-electron chi connectivity index (χ2n) is 3.09. The number of rotatable bonds is 4. The molecule has 0 spiro atoms. The fourth-order valence-electron chi connectivity index (χ4n) is 1.23. The van der Waals surface area contributed by atoms with Crippen molar-refractivity contribution in [3.8, 4) is 0 Å². The molecule has 1 aromatic heterocycles. The van der Waals surface area contributed by atoms with Crippen molar-refractivity contribution < 1.29 is 17.6 Å². The fourth-order valence-corrected chi connectivity index (χ4v) is 1.23. The molecule has 0 aromatic carbocycles. The maximum absolute atomic E-state index is 12.1. The lowest BCUT2D eigenvalue weighted by Crippen LogP contribution is -2.32. The summed E-state index contributed by atoms with van der Waals surface area (Å²) >= 11 is 0. The normalized spacial score (nSPS) is 14.3. The lowest BCUT2D eigenvalue weighted by atomic mass is 10.1. The Morgan fingerprint density at radius 3 is 2.64 bits per heavy atom. The fraction of sp³-hybridized carbons (Fsp3) is 0.556. The molecule has 0 aliphatic heterocycles. The molecule has 0 fully saturated rings. The van der Waals surface area contributed by atoms with E-state index in [0.717, 1.165) is 0 Å². The summed E-state index contributed by atoms with van der Waals surface area (Å²) in [5, 5.41) is 2.62. The van der Waals surface area contributed by atoms with Crippen molar-refractivity contribution in [2.75, 3.05) is 7.05 Å². The predicted octanol–water partition coefficient (Wildman–Crippen LogP) is 2.36. The zero-order chi connectivity index (χ0) is 10.6. The van der Waals surface area contributed by atoms with Crippen molar-refractivity contribution in [1.82, 2.24) is 5.32 Å². The molecule has 1 rings (SSSR count). The average molecular weight is 207 g/mol. The zero-order valence-electron chi connectivity index (χ0n) is 7.77. The minimum atomic E-state index is -4.14. The lowest BCUT2D eigenvalue weighted by Gasteiger charge is -2.16. The van der Waals surface area contributed by atoms with Crippen LogP contribution in [0.15, 0.2) is 22.8 Å². The highest BCUT2D eigenvalue weighted by Crippen LogP contribution is 2.23. The molecular formula is C9H12F3NO. The van der Waals surface area contributed by atoms with Crippen molar-refractivity contribution in [2.24, 2.45) is 0 Å². The zero-order valence-corrected chi connectivity index (χ0v) is 7.77. The van der Waals surface area contributed by atoms with Gasteiger partial charge in [-0.25, -0.2) is 0 Å². The van der Waals surface area contributed by atoms with Crippen LogP contribution in [0.25, 0.3) is 0 Å². The summed E-state index contributed by atoms with van der Waals surface area (Å²) in [5.74, 6) is 0.564. The summed E-state index contributed by atoms with van der Waals surface area (Å²) in [6, 6.07) is 2.71. The molecule has 1 unspecified atom stereocenters. The second kappa shape index (κ2) is 4.50. The van der Waals surface area contributed by atoms with E-state index in [1.54, 1.807) is 12.1 Å². The van der Waals surface area contributed by atoms with Gasteiger partial charge in [0.15, 0.2) is 0 Å². The Hall–Kier alpha value is -0.970. The topological polar surface area (TPSA) is 25.2 Å². The van der Waals surface area contributed by atoms with Gasteiger partial charge in [-0.05, 0) is 19.2 Å². The molecule has 1 heterocycles. The molecule has 5 heteroatoms. The SMILES string of the molecule is CNC(Cc1ccco1)CC(F)(F)F. The van der Waals surface area contributed by atoms with Crippen molar-refractivity contribution in [1.29, 1.82) is 0 Å². The van der Waals surface area contributed by atoms with Crippen LogP contribution in [0.5, 0.6) is 0 Å². The highest BCUT2D eigenvalue weighted by Gasteiger charge is 2.31. The van der Waals surface area contributed by atoms with E-state index in [1.165, 1.54) is 13.3 Å². The maximum Gasteiger partial charge on any atom is 0.390 e. The Bertz CT molecular complexity index is 256. The molecule has 0 bridgehead atoms. The molecule has 0 radical (unpaired) electrons. The molecular weight excluding hydrogens is 195 g/mol. The summed E-state index contributed by atoms with van der Waals surface area (Å²) in [4.78, 5) is 0. The van der Waals surface area contributed by atoms with Crippen LogP contribution in [0, 0.1) is 0 Å². The minimum Gasteiger partial charge on any atom is -0.469 e. The number of hydrogen-bond acceptors (Lipinski definition) is 2. The molecule has 1 aromatic rings. The van der Waals surface area contributed by atoms with Gasteiger partial charge in [0.25, 0.3) is 0 Å². The summed E-state index contributed by atoms with van der Waals surface area (Å²) in [6.07, 6.45) is -3.27. The number of furan rings is 1. The number of nitrogens with one attached hydrogen (secondary N) is 1. The molecule has 1 atom stereocenters. The van der Waals surface area contributed by atoms with Gasteiger partial charge >= 0.3 is 6.18 Å². The Morgan fingerprint density at radius 2 is 2.21 bits per heavy atom. The summed E-state index contributed by atoms with van der Waals surface area (Å²) < 4.78 is 41.1. The van der Waals surface area contributed by atoms with Crippen molar-refractivity contribution in [2.45, 2.75) is 25.1 Å². The first-order valence-corrected chi connectivity index (χ1v) is 4.27. The van der Waals surface area contributed by atoms with Gasteiger partial charge in [0.1, 0.15) is 5.76 Å². The van der Waals surface area contributed by atoms with E-state index in [9.17, 15) is 13.2 Å². The van der Waals surface area contributed by atoms with Crippen LogP contribution in [0.3, 0.4) is 0 Å². The van der Waals surface area contributed by atoms with Crippen LogP contribution >= 0.6 is 0 Å². The Balaban J connectivity index is 2.47. The van der Waals surface area contributed by atoms with Gasteiger partial charge < -0.3 is 9.73 Å². The average Bonchev–Trinajstić information content (AvgIpc) is 2.53. The van der Waals surface area contributed by atoms with Gasteiger partial charge in [-0.2, -0.15) is 13.2 Å². The van der Waals surface area contributed by atoms with Gasteiger partial charge in [0.2, 0.25) is 0 Å². The van der Waals surface area contributed by atoms with Gasteiger partial charge in [0.05, 0.1) is 12.7 Å². The summed E-state index contributed by atoms with van der Waals surface area (Å²) in [5.41, 5.74) is 0. The molecule has 0 aliphatic rings. The highest BCUT2D eigenvalue weighted by molar-refractivity contribution is 5.00. The largest absolute Gasteiger partial charge is 0.469 e. The predicted molar refractivity (Wildman–Crippen MR) is 45.9 cm³/mol. The Labute approximate surface area is 80.1 Å². The summed E-state index contributed by atoms with van der Waals surface area (Å²) in [7, 11) is 1.51. The monoisotopic (exact) mass is 207 g/mol. The molecule has 0 amide bonds. The first-order chi connectivity index (χ1) is 6.51. The van der Waals surface area contributed by atoms with E-state index in [-0.39, 0.29) is 6.42 Å². The molecule has 0 saturated carbocycles. The van der Waals surface area contributed by atoms with E-state index in [0.29, 0.717) is 5.76 Å². The van der Waals surface area contributed by atoms with Crippen LogP contribution < -0.4 is 5.32 Å². The first kappa shape index (κ1) is 11.1. The molecule has 14 heavy (non-hydrogen) atoms. The van der Waals surface area contributed by atoms with E-state index in [4.69, 9.17) is 4.42 Å². The highest BCUT2D eigenvalue weighted by atomic mass is 19.4. The van der Waals surface area contributed by atoms with Crippen LogP contribution in [0.4, 0.5) is 13.2 Å². The molecule has 1 N–H and O–H groups in total. The van der Waals surface area contributed by atoms with E-state index < -0.39 is 18.6 Å². The van der Waals surface area contributed by atoms with Crippen molar-refractivity contribution in [3.63, 3.8) is 0 Å². The van der Waals surface area contributed by atoms with Gasteiger partial charge in [-0.1, -0.05) is 0 Å². The van der Waals surface area contributed by atoms with E-state index in [1.807, 2.05) is 0 Å². The van der Waals surface area contributed by atoms with Crippen LogP contribution in [-0.2, 0) is 6.42 Å². The van der Waals surface area contributed by atoms with E-state index in [2.05, 4.69) is 5.32 Å². The van der Waals surface area contributed by atoms with Crippen LogP contribution in [0.1, 0.15) is 12.2 Å². The third-order valence-electron chi connectivity index (χ3n) is 1.91. The van der Waals surface area contributed by atoms with Gasteiger partial charge in [-0.3, -0.25) is 0 Å². The quantitative estimate of drug-likeness (QED) is 0.819. The second-order valence-corrected chi connectivity index (χ2v) is 3.09. The van der Waals surface area contributed by atoms with Gasteiger partial charge in [-0.15, -0.1) is 0 Å². The third-order valence-corrected chi connectivity index (χ3v) is 1.91. The molecule has 2 nitrogen and oxygen atoms in total. The smallest absolute Gasteiger partial charge is 0.390 e.